The molecule has 0 spiro atoms. The molecule has 0 aromatic carbocycles. The predicted octanol–water partition coefficient (Wildman–Crippen LogP) is 8.12. The Morgan fingerprint density at radius 2 is 1.26 bits per heavy atom. The van der Waals surface area contributed by atoms with Crippen molar-refractivity contribution in [2.45, 2.75) is 224 Å². The number of carbonyl (C=O) groups is 2. The predicted molar refractivity (Wildman–Crippen MR) is 180 cm³/mol. The van der Waals surface area contributed by atoms with Crippen LogP contribution in [0, 0.1) is 5.92 Å². The van der Waals surface area contributed by atoms with Crippen LogP contribution in [0.4, 0.5) is 0 Å². The number of hydrogen-bond acceptors (Lipinski definition) is 8. The van der Waals surface area contributed by atoms with Crippen LogP contribution in [0.25, 0.3) is 0 Å². The van der Waals surface area contributed by atoms with Gasteiger partial charge < -0.3 is 34.0 Å². The molecule has 8 heteroatoms. The minimum Gasteiger partial charge on any atom is -0.462 e. The minimum absolute atomic E-state index is 0.00505. The molecule has 3 aliphatic heterocycles. The molecule has 3 heterocycles. The largest absolute Gasteiger partial charge is 0.462 e. The van der Waals surface area contributed by atoms with E-state index in [1.54, 1.807) is 0 Å². The van der Waals surface area contributed by atoms with E-state index >= 15 is 0 Å². The highest BCUT2D eigenvalue weighted by Gasteiger charge is 2.41. The van der Waals surface area contributed by atoms with Gasteiger partial charge in [0.05, 0.1) is 42.5 Å². The van der Waals surface area contributed by atoms with Crippen molar-refractivity contribution in [3.8, 4) is 0 Å². The van der Waals surface area contributed by atoms with Crippen LogP contribution in [0.15, 0.2) is 0 Å². The third kappa shape index (κ3) is 14.6. The number of Topliss-reactive ketones (excluding diaryl/α,β-unsaturated/α-hetero) is 1. The third-order valence-electron chi connectivity index (χ3n) is 10.3. The van der Waals surface area contributed by atoms with Gasteiger partial charge in [-0.1, -0.05) is 84.0 Å². The number of hydrogen-bond donors (Lipinski definition) is 2. The Morgan fingerprint density at radius 3 is 1.85 bits per heavy atom. The summed E-state index contributed by atoms with van der Waals surface area (Å²) in [6.07, 6.45) is 22.0. The maximum Gasteiger partial charge on any atom is 0.309 e. The average Bonchev–Trinajstić information content (AvgIpc) is 3.70. The Bertz CT molecular complexity index is 862. The van der Waals surface area contributed by atoms with Gasteiger partial charge in [0.15, 0.2) is 5.79 Å². The summed E-state index contributed by atoms with van der Waals surface area (Å²) in [4.78, 5) is 23.3. The smallest absolute Gasteiger partial charge is 0.309 e. The van der Waals surface area contributed by atoms with Gasteiger partial charge >= 0.3 is 5.97 Å². The maximum absolute atomic E-state index is 12.0. The Labute approximate surface area is 280 Å². The summed E-state index contributed by atoms with van der Waals surface area (Å²) in [7, 11) is 0. The summed E-state index contributed by atoms with van der Waals surface area (Å²) in [6.45, 7) is 7.72. The summed E-state index contributed by atoms with van der Waals surface area (Å²) in [5.41, 5.74) is 0. The van der Waals surface area contributed by atoms with E-state index in [0.717, 1.165) is 70.6 Å². The second kappa shape index (κ2) is 21.1. The first kappa shape index (κ1) is 39.4. The van der Waals surface area contributed by atoms with E-state index in [1.165, 1.54) is 64.7 Å². The molecule has 2 N–H and O–H groups in total. The van der Waals surface area contributed by atoms with Gasteiger partial charge in [0.1, 0.15) is 11.9 Å². The van der Waals surface area contributed by atoms with E-state index < -0.39 is 18.0 Å². The first-order valence-corrected chi connectivity index (χ1v) is 19.1. The zero-order valence-corrected chi connectivity index (χ0v) is 29.7. The molecular formula is C38H68O8. The molecule has 8 atom stereocenters. The molecule has 3 saturated heterocycles. The SMILES string of the molecule is CCCCCCCCCCCC[C@@H](O)[C@H]1CC[C@H]([C@H](O)CCC[C@@H]2OC(C)(C)O[C@@H]2CCCCC[C@@H]2C[C@H](CC(C)=O)C(=O)O2)O1. The van der Waals surface area contributed by atoms with Crippen LogP contribution < -0.4 is 0 Å². The van der Waals surface area contributed by atoms with Crippen LogP contribution in [-0.2, 0) is 28.5 Å². The molecule has 0 bridgehead atoms. The summed E-state index contributed by atoms with van der Waals surface area (Å²) < 4.78 is 24.1. The zero-order chi connectivity index (χ0) is 33.4. The van der Waals surface area contributed by atoms with Crippen molar-refractivity contribution in [2.24, 2.45) is 5.92 Å². The number of esters is 1. The van der Waals surface area contributed by atoms with Crippen molar-refractivity contribution in [1.82, 2.24) is 0 Å². The fourth-order valence-corrected chi connectivity index (χ4v) is 7.70. The molecule has 0 amide bonds. The van der Waals surface area contributed by atoms with Gasteiger partial charge in [0, 0.05) is 6.42 Å². The molecule has 3 fully saturated rings. The van der Waals surface area contributed by atoms with Gasteiger partial charge in [0.25, 0.3) is 0 Å². The Hall–Kier alpha value is -1.06. The lowest BCUT2D eigenvalue weighted by Gasteiger charge is -2.23. The molecule has 268 valence electrons. The second-order valence-corrected chi connectivity index (χ2v) is 15.1. The molecule has 0 aromatic rings. The summed E-state index contributed by atoms with van der Waals surface area (Å²) in [5, 5.41) is 21.6. The highest BCUT2D eigenvalue weighted by atomic mass is 16.7. The molecule has 3 rings (SSSR count). The lowest BCUT2D eigenvalue weighted by Crippen LogP contribution is -2.31. The Balaban J connectivity index is 1.24. The normalized spacial score (nSPS) is 28.9. The monoisotopic (exact) mass is 652 g/mol. The van der Waals surface area contributed by atoms with Crippen molar-refractivity contribution < 1.29 is 38.7 Å². The molecule has 0 aliphatic carbocycles. The molecule has 8 nitrogen and oxygen atoms in total. The van der Waals surface area contributed by atoms with Crippen molar-refractivity contribution in [2.75, 3.05) is 0 Å². The highest BCUT2D eigenvalue weighted by Crippen LogP contribution is 2.35. The number of aliphatic hydroxyl groups is 2. The summed E-state index contributed by atoms with van der Waals surface area (Å²) >= 11 is 0. The lowest BCUT2D eigenvalue weighted by atomic mass is 9.96. The number of rotatable bonds is 25. The van der Waals surface area contributed by atoms with E-state index in [-0.39, 0.29) is 48.2 Å². The number of carbonyl (C=O) groups excluding carboxylic acids is 2. The first-order valence-electron chi connectivity index (χ1n) is 19.1. The molecular weight excluding hydrogens is 584 g/mol. The van der Waals surface area contributed by atoms with E-state index in [0.29, 0.717) is 19.3 Å². The number of unbranched alkanes of at least 4 members (excludes halogenated alkanes) is 11. The van der Waals surface area contributed by atoms with Crippen LogP contribution in [0.2, 0.25) is 0 Å². The molecule has 3 aliphatic rings. The van der Waals surface area contributed by atoms with E-state index in [1.807, 2.05) is 13.8 Å². The van der Waals surface area contributed by atoms with Gasteiger partial charge in [-0.2, -0.15) is 0 Å². The molecule has 46 heavy (non-hydrogen) atoms. The van der Waals surface area contributed by atoms with Gasteiger partial charge in [-0.15, -0.1) is 0 Å². The van der Waals surface area contributed by atoms with Crippen LogP contribution in [0.5, 0.6) is 0 Å². The number of cyclic esters (lactones) is 1. The lowest BCUT2D eigenvalue weighted by molar-refractivity contribution is -0.147. The van der Waals surface area contributed by atoms with E-state index in [4.69, 9.17) is 18.9 Å². The fourth-order valence-electron chi connectivity index (χ4n) is 7.70. The van der Waals surface area contributed by atoms with Crippen LogP contribution >= 0.6 is 0 Å². The third-order valence-corrected chi connectivity index (χ3v) is 10.3. The quantitative estimate of drug-likeness (QED) is 0.0752. The second-order valence-electron chi connectivity index (χ2n) is 15.1. The van der Waals surface area contributed by atoms with Crippen molar-refractivity contribution in [3.63, 3.8) is 0 Å². The maximum atomic E-state index is 12.0. The number of aliphatic hydroxyl groups excluding tert-OH is 2. The first-order chi connectivity index (χ1) is 22.1. The summed E-state index contributed by atoms with van der Waals surface area (Å²) in [6, 6.07) is 0. The van der Waals surface area contributed by atoms with E-state index in [9.17, 15) is 19.8 Å². The van der Waals surface area contributed by atoms with E-state index in [2.05, 4.69) is 6.92 Å². The molecule has 0 unspecified atom stereocenters. The van der Waals surface area contributed by atoms with Crippen molar-refractivity contribution >= 4 is 11.8 Å². The molecule has 0 saturated carbocycles. The standard InChI is InChI=1S/C38H68O8/c1-5-6-7-8-9-10-11-12-13-16-20-31(40)33-24-25-34(44-33)32(41)21-18-23-36-35(45-38(3,4)46-36)22-17-14-15-19-30-27-29(26-28(2)39)37(42)43-30/h29-36,40-41H,5-27H2,1-4H3/t29-,30+,31+,32+,33+,34+,35+,36-/m0/s1. The van der Waals surface area contributed by atoms with Gasteiger partial charge in [0.2, 0.25) is 0 Å². The topological polar surface area (TPSA) is 112 Å². The molecule has 0 aromatic heterocycles. The van der Waals surface area contributed by atoms with Crippen molar-refractivity contribution in [3.05, 3.63) is 0 Å². The zero-order valence-electron chi connectivity index (χ0n) is 29.7. The minimum atomic E-state index is -0.607. The summed E-state index contributed by atoms with van der Waals surface area (Å²) in [5.74, 6) is -1.05. The molecule has 0 radical (unpaired) electrons. The number of ketones is 1. The van der Waals surface area contributed by atoms with Crippen molar-refractivity contribution in [1.29, 1.82) is 0 Å². The van der Waals surface area contributed by atoms with Gasteiger partial charge in [-0.05, 0) is 85.0 Å². The Morgan fingerprint density at radius 1 is 0.761 bits per heavy atom. The van der Waals surface area contributed by atoms with Crippen LogP contribution in [0.1, 0.15) is 175 Å². The van der Waals surface area contributed by atoms with Crippen LogP contribution in [-0.4, -0.2) is 70.5 Å². The average molecular weight is 653 g/mol. The van der Waals surface area contributed by atoms with Gasteiger partial charge in [-0.25, -0.2) is 0 Å². The van der Waals surface area contributed by atoms with Gasteiger partial charge in [-0.3, -0.25) is 4.79 Å². The fraction of sp³-hybridized carbons (Fsp3) is 0.947. The van der Waals surface area contributed by atoms with Crippen LogP contribution in [0.3, 0.4) is 0 Å². The Kier molecular flexibility index (Phi) is 18.1. The highest BCUT2D eigenvalue weighted by molar-refractivity contribution is 5.83. The number of ether oxygens (including phenoxy) is 4.